The molecule has 6 rings (SSSR count). The number of aromatic nitrogens is 1. The number of carbonyl (C=O) groups excluding carboxylic acids is 3. The molecule has 2 aromatic heterocycles. The van der Waals surface area contributed by atoms with Gasteiger partial charge in [-0.3, -0.25) is 14.4 Å². The summed E-state index contributed by atoms with van der Waals surface area (Å²) in [7, 11) is 0. The maximum Gasteiger partial charge on any atom is 0.228 e. The molecule has 3 aliphatic rings. The number of furan rings is 1. The van der Waals surface area contributed by atoms with Crippen molar-refractivity contribution in [2.75, 3.05) is 26.2 Å². The van der Waals surface area contributed by atoms with E-state index in [-0.39, 0.29) is 24.1 Å². The van der Waals surface area contributed by atoms with E-state index in [1.165, 1.54) is 18.4 Å². The number of nitrogens with zero attached hydrogens (tertiary/aromatic N) is 2. The molecule has 0 spiro atoms. The van der Waals surface area contributed by atoms with Crippen LogP contribution in [-0.4, -0.2) is 58.7 Å². The fourth-order valence-electron chi connectivity index (χ4n) is 7.73. The number of carbonyl (C=O) groups is 3. The van der Waals surface area contributed by atoms with Gasteiger partial charge in [0.1, 0.15) is 5.76 Å². The maximum absolute atomic E-state index is 14.2. The average Bonchev–Trinajstić information content (AvgIpc) is 3.68. The summed E-state index contributed by atoms with van der Waals surface area (Å²) >= 11 is 0. The van der Waals surface area contributed by atoms with Gasteiger partial charge >= 0.3 is 0 Å². The van der Waals surface area contributed by atoms with Gasteiger partial charge in [0.05, 0.1) is 17.7 Å². The molecule has 0 unspecified atom stereocenters. The normalized spacial score (nSPS) is 23.5. The van der Waals surface area contributed by atoms with Gasteiger partial charge in [-0.25, -0.2) is 0 Å². The van der Waals surface area contributed by atoms with Crippen molar-refractivity contribution in [1.29, 1.82) is 0 Å². The summed E-state index contributed by atoms with van der Waals surface area (Å²) in [4.78, 5) is 48.8. The number of amides is 3. The van der Waals surface area contributed by atoms with Crippen LogP contribution in [0.15, 0.2) is 52.7 Å². The smallest absolute Gasteiger partial charge is 0.228 e. The van der Waals surface area contributed by atoms with Gasteiger partial charge in [0, 0.05) is 60.7 Å². The van der Waals surface area contributed by atoms with Crippen LogP contribution in [0.1, 0.15) is 77.0 Å². The van der Waals surface area contributed by atoms with E-state index in [4.69, 9.17) is 4.42 Å². The first-order chi connectivity index (χ1) is 20.8. The van der Waals surface area contributed by atoms with Crippen LogP contribution in [0.4, 0.5) is 0 Å². The molecule has 2 N–H and O–H groups in total. The summed E-state index contributed by atoms with van der Waals surface area (Å²) in [6.45, 7) is 8.34. The highest BCUT2D eigenvalue weighted by molar-refractivity contribution is 5.93. The Morgan fingerprint density at radius 3 is 2.72 bits per heavy atom. The predicted molar refractivity (Wildman–Crippen MR) is 167 cm³/mol. The molecule has 1 aliphatic carbocycles. The first-order valence-electron chi connectivity index (χ1n) is 16.1. The lowest BCUT2D eigenvalue weighted by Crippen LogP contribution is -2.64. The van der Waals surface area contributed by atoms with Crippen molar-refractivity contribution in [2.45, 2.75) is 77.7 Å². The lowest BCUT2D eigenvalue weighted by atomic mass is 9.67. The highest BCUT2D eigenvalue weighted by atomic mass is 16.3. The molecule has 43 heavy (non-hydrogen) atoms. The first kappa shape index (κ1) is 29.3. The van der Waals surface area contributed by atoms with Crippen molar-refractivity contribution in [1.82, 2.24) is 20.1 Å². The van der Waals surface area contributed by atoms with Crippen molar-refractivity contribution in [3.63, 3.8) is 0 Å². The van der Waals surface area contributed by atoms with Gasteiger partial charge in [-0.1, -0.05) is 23.8 Å². The van der Waals surface area contributed by atoms with Gasteiger partial charge in [0.15, 0.2) is 0 Å². The molecular weight excluding hydrogens is 540 g/mol. The van der Waals surface area contributed by atoms with Crippen molar-refractivity contribution in [3.05, 3.63) is 59.5 Å². The van der Waals surface area contributed by atoms with E-state index in [9.17, 15) is 14.4 Å². The summed E-state index contributed by atoms with van der Waals surface area (Å²) in [6.07, 6.45) is 10.7. The van der Waals surface area contributed by atoms with Gasteiger partial charge in [-0.15, -0.1) is 0 Å². The zero-order valence-electron chi connectivity index (χ0n) is 25.7. The lowest BCUT2D eigenvalue weighted by molar-refractivity contribution is -0.164. The molecule has 1 saturated heterocycles. The van der Waals surface area contributed by atoms with Gasteiger partial charge in [-0.05, 0) is 89.5 Å². The molecule has 0 radical (unpaired) electrons. The van der Waals surface area contributed by atoms with E-state index in [2.05, 4.69) is 34.6 Å². The Hall–Kier alpha value is -3.81. The summed E-state index contributed by atoms with van der Waals surface area (Å²) < 4.78 is 5.64. The highest BCUT2D eigenvalue weighted by Crippen LogP contribution is 2.50. The Bertz CT molecular complexity index is 1530. The van der Waals surface area contributed by atoms with Gasteiger partial charge in [0.25, 0.3) is 0 Å². The van der Waals surface area contributed by atoms with E-state index in [1.807, 2.05) is 42.7 Å². The van der Waals surface area contributed by atoms with Crippen LogP contribution in [0, 0.1) is 11.8 Å². The average molecular weight is 585 g/mol. The monoisotopic (exact) mass is 584 g/mol. The number of aromatic amines is 1. The molecule has 8 heteroatoms. The van der Waals surface area contributed by atoms with Crippen LogP contribution in [0.5, 0.6) is 0 Å². The van der Waals surface area contributed by atoms with E-state index < -0.39 is 17.4 Å². The third-order valence-corrected chi connectivity index (χ3v) is 10.1. The van der Waals surface area contributed by atoms with Crippen LogP contribution in [-0.2, 0) is 26.3 Å². The molecular formula is C35H44N4O4. The first-order valence-corrected chi connectivity index (χ1v) is 16.1. The Kier molecular flexibility index (Phi) is 8.21. The standard InChI is InChI=1S/C35H44N4O4/c1-4-38(5-2)34(42)28-20-25(22-31(40)36-17-15-23-10-7-6-8-11-23)33(41)39-18-16-27-26-14-13-24(30-12-9-19-43-30)21-29(26)37-32(27)35(28,39)3/h9-10,12-14,19,21,25,28,37H,4-8,11,15-18,20,22H2,1-3H3,(H,36,40)/t25-,28-,35+/m1/s1. The number of allylic oxidation sites excluding steroid dienone is 1. The third-order valence-electron chi connectivity index (χ3n) is 10.1. The predicted octanol–water partition coefficient (Wildman–Crippen LogP) is 5.93. The van der Waals surface area contributed by atoms with Gasteiger partial charge in [-0.2, -0.15) is 0 Å². The molecule has 1 fully saturated rings. The minimum absolute atomic E-state index is 0.0307. The molecule has 3 atom stereocenters. The Labute approximate surface area is 253 Å². The fourth-order valence-corrected chi connectivity index (χ4v) is 7.73. The highest BCUT2D eigenvalue weighted by Gasteiger charge is 2.57. The van der Waals surface area contributed by atoms with E-state index in [0.717, 1.165) is 52.7 Å². The van der Waals surface area contributed by atoms with Crippen molar-refractivity contribution >= 4 is 28.6 Å². The second-order valence-electron chi connectivity index (χ2n) is 12.5. The Balaban J connectivity index is 1.30. The summed E-state index contributed by atoms with van der Waals surface area (Å²) in [5.74, 6) is -0.295. The van der Waals surface area contributed by atoms with Crippen LogP contribution >= 0.6 is 0 Å². The lowest BCUT2D eigenvalue weighted by Gasteiger charge is -2.54. The Morgan fingerprint density at radius 1 is 1.16 bits per heavy atom. The molecule has 2 aliphatic heterocycles. The number of benzene rings is 1. The maximum atomic E-state index is 14.2. The van der Waals surface area contributed by atoms with E-state index in [1.54, 1.807) is 6.26 Å². The molecule has 0 saturated carbocycles. The summed E-state index contributed by atoms with van der Waals surface area (Å²) in [5.41, 5.74) is 4.62. The van der Waals surface area contributed by atoms with Crippen LogP contribution in [0.2, 0.25) is 0 Å². The number of rotatable bonds is 9. The van der Waals surface area contributed by atoms with Crippen molar-refractivity contribution in [2.24, 2.45) is 11.8 Å². The van der Waals surface area contributed by atoms with Crippen molar-refractivity contribution in [3.8, 4) is 11.3 Å². The SMILES string of the molecule is CCN(CC)C(=O)[C@H]1C[C@H](CC(=O)NCCC2=CCCCC2)C(=O)N2CCc3c([nH]c4cc(-c5ccco5)ccc34)[C@]12C. The van der Waals surface area contributed by atoms with Crippen LogP contribution < -0.4 is 5.32 Å². The topological polar surface area (TPSA) is 98.6 Å². The molecule has 228 valence electrons. The molecule has 8 nitrogen and oxygen atoms in total. The fraction of sp³-hybridized carbons (Fsp3) is 0.514. The quantitative estimate of drug-likeness (QED) is 0.305. The number of hydrogen-bond donors (Lipinski definition) is 2. The number of hydrogen-bond acceptors (Lipinski definition) is 4. The van der Waals surface area contributed by atoms with Crippen molar-refractivity contribution < 1.29 is 18.8 Å². The molecule has 3 amide bonds. The van der Waals surface area contributed by atoms with Gasteiger partial charge < -0.3 is 24.5 Å². The number of nitrogens with one attached hydrogen (secondary N) is 2. The molecule has 4 heterocycles. The minimum atomic E-state index is -0.839. The second kappa shape index (κ2) is 12.1. The summed E-state index contributed by atoms with van der Waals surface area (Å²) in [6, 6.07) is 10.1. The zero-order chi connectivity index (χ0) is 30.1. The molecule has 3 aromatic rings. The van der Waals surface area contributed by atoms with Crippen LogP contribution in [0.25, 0.3) is 22.2 Å². The minimum Gasteiger partial charge on any atom is -0.464 e. The number of piperidine rings is 1. The van der Waals surface area contributed by atoms with E-state index >= 15 is 0 Å². The van der Waals surface area contributed by atoms with Crippen LogP contribution in [0.3, 0.4) is 0 Å². The van der Waals surface area contributed by atoms with Gasteiger partial charge in [0.2, 0.25) is 17.7 Å². The largest absolute Gasteiger partial charge is 0.464 e. The summed E-state index contributed by atoms with van der Waals surface area (Å²) in [5, 5.41) is 4.17. The van der Waals surface area contributed by atoms with E-state index in [0.29, 0.717) is 39.0 Å². The molecule has 0 bridgehead atoms. The number of fused-ring (bicyclic) bond motifs is 5. The zero-order valence-corrected chi connectivity index (χ0v) is 25.7. The Morgan fingerprint density at radius 2 is 2.00 bits per heavy atom. The molecule has 1 aromatic carbocycles. The number of H-pyrrole nitrogens is 1. The second-order valence-corrected chi connectivity index (χ2v) is 12.5. The third kappa shape index (κ3) is 5.30.